The van der Waals surface area contributed by atoms with Crippen LogP contribution in [0.15, 0.2) is 24.3 Å². The Morgan fingerprint density at radius 1 is 1.42 bits per heavy atom. The van der Waals surface area contributed by atoms with E-state index in [-0.39, 0.29) is 24.7 Å². The molecule has 6 nitrogen and oxygen atoms in total. The first-order valence-corrected chi connectivity index (χ1v) is 5.99. The molecule has 2 rings (SSSR count). The van der Waals surface area contributed by atoms with E-state index in [1.165, 1.54) is 6.07 Å². The topological polar surface area (TPSA) is 76.1 Å². The highest BCUT2D eigenvalue weighted by molar-refractivity contribution is 5.90. The molecule has 0 aromatic heterocycles. The molecule has 1 aromatic rings. The molecule has 6 heteroatoms. The van der Waals surface area contributed by atoms with Gasteiger partial charge in [-0.25, -0.2) is 4.79 Å². The number of morpholine rings is 1. The minimum absolute atomic E-state index is 0.0682. The van der Waals surface area contributed by atoms with Crippen LogP contribution in [0.2, 0.25) is 0 Å². The first-order chi connectivity index (χ1) is 9.18. The Morgan fingerprint density at radius 3 is 2.95 bits per heavy atom. The average Bonchev–Trinajstić information content (AvgIpc) is 2.41. The van der Waals surface area contributed by atoms with Crippen LogP contribution in [-0.4, -0.2) is 54.8 Å². The standard InChI is InChI=1S/C13H15NO5/c15-12-9-18-7-5-14(12)6-8-19-11-4-2-1-3-10(11)13(16)17/h1-4H,5-9H2,(H,16,17). The Morgan fingerprint density at radius 2 is 2.21 bits per heavy atom. The fourth-order valence-electron chi connectivity index (χ4n) is 1.82. The molecule has 1 aromatic carbocycles. The lowest BCUT2D eigenvalue weighted by Gasteiger charge is -2.26. The Kier molecular flexibility index (Phi) is 4.35. The maximum absolute atomic E-state index is 11.5. The molecule has 0 spiro atoms. The molecule has 0 unspecified atom stereocenters. The molecule has 1 amide bonds. The number of aromatic carboxylic acids is 1. The second-order valence-corrected chi connectivity index (χ2v) is 4.08. The number of carboxylic acids is 1. The highest BCUT2D eigenvalue weighted by Crippen LogP contribution is 2.17. The summed E-state index contributed by atoms with van der Waals surface area (Å²) >= 11 is 0. The molecule has 1 fully saturated rings. The van der Waals surface area contributed by atoms with E-state index in [9.17, 15) is 9.59 Å². The first kappa shape index (κ1) is 13.4. The Bertz CT molecular complexity index is 474. The van der Waals surface area contributed by atoms with Crippen LogP contribution in [-0.2, 0) is 9.53 Å². The Labute approximate surface area is 110 Å². The van der Waals surface area contributed by atoms with Gasteiger partial charge in [-0.3, -0.25) is 4.79 Å². The summed E-state index contributed by atoms with van der Waals surface area (Å²) in [7, 11) is 0. The number of amides is 1. The van der Waals surface area contributed by atoms with E-state index < -0.39 is 5.97 Å². The van der Waals surface area contributed by atoms with E-state index in [1.54, 1.807) is 23.1 Å². The van der Waals surface area contributed by atoms with E-state index in [0.29, 0.717) is 25.4 Å². The third kappa shape index (κ3) is 3.45. The molecule has 1 aliphatic heterocycles. The third-order valence-electron chi connectivity index (χ3n) is 2.82. The predicted molar refractivity (Wildman–Crippen MR) is 66.3 cm³/mol. The SMILES string of the molecule is O=C(O)c1ccccc1OCCN1CCOCC1=O. The van der Waals surface area contributed by atoms with Gasteiger partial charge in [0.05, 0.1) is 13.2 Å². The maximum atomic E-state index is 11.5. The molecular weight excluding hydrogens is 250 g/mol. The molecule has 1 heterocycles. The lowest BCUT2D eigenvalue weighted by molar-refractivity contribution is -0.143. The van der Waals surface area contributed by atoms with Gasteiger partial charge in [-0.2, -0.15) is 0 Å². The van der Waals surface area contributed by atoms with Gasteiger partial charge in [-0.15, -0.1) is 0 Å². The molecule has 1 N–H and O–H groups in total. The number of rotatable bonds is 5. The average molecular weight is 265 g/mol. The zero-order valence-electron chi connectivity index (χ0n) is 10.4. The smallest absolute Gasteiger partial charge is 0.339 e. The lowest BCUT2D eigenvalue weighted by atomic mass is 10.2. The van der Waals surface area contributed by atoms with Crippen molar-refractivity contribution in [2.75, 3.05) is 32.9 Å². The molecule has 1 saturated heterocycles. The van der Waals surface area contributed by atoms with E-state index in [0.717, 1.165) is 0 Å². The fraction of sp³-hybridized carbons (Fsp3) is 0.385. The molecule has 102 valence electrons. The van der Waals surface area contributed by atoms with Crippen molar-refractivity contribution in [3.8, 4) is 5.75 Å². The molecule has 0 bridgehead atoms. The monoisotopic (exact) mass is 265 g/mol. The Balaban J connectivity index is 1.89. The fourth-order valence-corrected chi connectivity index (χ4v) is 1.82. The number of nitrogens with zero attached hydrogens (tertiary/aromatic N) is 1. The van der Waals surface area contributed by atoms with Crippen molar-refractivity contribution in [2.45, 2.75) is 0 Å². The van der Waals surface area contributed by atoms with Crippen molar-refractivity contribution < 1.29 is 24.2 Å². The largest absolute Gasteiger partial charge is 0.491 e. The highest BCUT2D eigenvalue weighted by Gasteiger charge is 2.18. The highest BCUT2D eigenvalue weighted by atomic mass is 16.5. The van der Waals surface area contributed by atoms with Crippen LogP contribution in [0.25, 0.3) is 0 Å². The zero-order valence-corrected chi connectivity index (χ0v) is 10.4. The predicted octanol–water partition coefficient (Wildman–Crippen LogP) is 0.622. The summed E-state index contributed by atoms with van der Waals surface area (Å²) in [6.07, 6.45) is 0. The van der Waals surface area contributed by atoms with Crippen molar-refractivity contribution in [1.29, 1.82) is 0 Å². The van der Waals surface area contributed by atoms with Crippen molar-refractivity contribution in [1.82, 2.24) is 4.90 Å². The number of hydrogen-bond acceptors (Lipinski definition) is 4. The van der Waals surface area contributed by atoms with Crippen LogP contribution >= 0.6 is 0 Å². The summed E-state index contributed by atoms with van der Waals surface area (Å²) in [5, 5.41) is 8.99. The molecule has 0 radical (unpaired) electrons. The van der Waals surface area contributed by atoms with Gasteiger partial charge in [0.2, 0.25) is 5.91 Å². The van der Waals surface area contributed by atoms with Gasteiger partial charge < -0.3 is 19.5 Å². The molecule has 0 atom stereocenters. The second-order valence-electron chi connectivity index (χ2n) is 4.08. The summed E-state index contributed by atoms with van der Waals surface area (Å²) in [5.41, 5.74) is 0.121. The number of ether oxygens (including phenoxy) is 2. The van der Waals surface area contributed by atoms with Crippen molar-refractivity contribution >= 4 is 11.9 Å². The lowest BCUT2D eigenvalue weighted by Crippen LogP contribution is -2.43. The van der Waals surface area contributed by atoms with E-state index in [1.807, 2.05) is 0 Å². The zero-order chi connectivity index (χ0) is 13.7. The van der Waals surface area contributed by atoms with Gasteiger partial charge in [-0.05, 0) is 12.1 Å². The summed E-state index contributed by atoms with van der Waals surface area (Å²) in [4.78, 5) is 24.1. The molecule has 0 saturated carbocycles. The van der Waals surface area contributed by atoms with Gasteiger partial charge >= 0.3 is 5.97 Å². The van der Waals surface area contributed by atoms with Crippen LogP contribution in [0.4, 0.5) is 0 Å². The van der Waals surface area contributed by atoms with Crippen molar-refractivity contribution in [3.63, 3.8) is 0 Å². The third-order valence-corrected chi connectivity index (χ3v) is 2.82. The van der Waals surface area contributed by atoms with Crippen molar-refractivity contribution in [2.24, 2.45) is 0 Å². The number of carboxylic acid groups (broad SMARTS) is 1. The summed E-state index contributed by atoms with van der Waals surface area (Å²) < 4.78 is 10.5. The van der Waals surface area contributed by atoms with E-state index in [2.05, 4.69) is 0 Å². The summed E-state index contributed by atoms with van der Waals surface area (Å²) in [6, 6.07) is 6.44. The van der Waals surface area contributed by atoms with Crippen LogP contribution in [0.5, 0.6) is 5.75 Å². The number of para-hydroxylation sites is 1. The van der Waals surface area contributed by atoms with Crippen LogP contribution in [0, 0.1) is 0 Å². The summed E-state index contributed by atoms with van der Waals surface area (Å²) in [5.74, 6) is -0.782. The van der Waals surface area contributed by atoms with Gasteiger partial charge in [0.25, 0.3) is 0 Å². The second kappa shape index (κ2) is 6.19. The van der Waals surface area contributed by atoms with Gasteiger partial charge in [0.1, 0.15) is 24.5 Å². The normalized spacial score (nSPS) is 15.4. The van der Waals surface area contributed by atoms with Crippen molar-refractivity contribution in [3.05, 3.63) is 29.8 Å². The molecular formula is C13H15NO5. The minimum atomic E-state index is -1.03. The molecule has 1 aliphatic rings. The minimum Gasteiger partial charge on any atom is -0.491 e. The number of benzene rings is 1. The van der Waals surface area contributed by atoms with Gasteiger partial charge in [0.15, 0.2) is 0 Å². The number of carbonyl (C=O) groups excluding carboxylic acids is 1. The number of hydrogen-bond donors (Lipinski definition) is 1. The molecule has 0 aliphatic carbocycles. The van der Waals surface area contributed by atoms with E-state index in [4.69, 9.17) is 14.6 Å². The Hall–Kier alpha value is -2.08. The van der Waals surface area contributed by atoms with Gasteiger partial charge in [0, 0.05) is 6.54 Å². The maximum Gasteiger partial charge on any atom is 0.339 e. The van der Waals surface area contributed by atoms with Crippen LogP contribution < -0.4 is 4.74 Å². The van der Waals surface area contributed by atoms with Gasteiger partial charge in [-0.1, -0.05) is 12.1 Å². The molecule has 19 heavy (non-hydrogen) atoms. The number of carbonyl (C=O) groups is 2. The first-order valence-electron chi connectivity index (χ1n) is 5.99. The van der Waals surface area contributed by atoms with E-state index >= 15 is 0 Å². The van der Waals surface area contributed by atoms with Crippen LogP contribution in [0.1, 0.15) is 10.4 Å². The summed E-state index contributed by atoms with van der Waals surface area (Å²) in [6.45, 7) is 1.86. The quantitative estimate of drug-likeness (QED) is 0.844. The van der Waals surface area contributed by atoms with Crippen LogP contribution in [0.3, 0.4) is 0 Å².